The Labute approximate surface area is 129 Å². The van der Waals surface area contributed by atoms with Crippen molar-refractivity contribution in [1.82, 2.24) is 4.90 Å². The van der Waals surface area contributed by atoms with Crippen LogP contribution >= 0.6 is 0 Å². The standard InChI is InChI=1S/C17H21NO4/c19-16(13-1-3-14(4-2-13)17(20)21)18-8-5-15(11-18)12-6-9-22-10-7-12/h1-4,12,15H,5-11H2,(H,20,21). The van der Waals surface area contributed by atoms with Crippen LogP contribution in [-0.2, 0) is 4.74 Å². The summed E-state index contributed by atoms with van der Waals surface area (Å²) in [5, 5.41) is 8.90. The molecule has 2 saturated heterocycles. The van der Waals surface area contributed by atoms with Crippen molar-refractivity contribution in [3.8, 4) is 0 Å². The summed E-state index contributed by atoms with van der Waals surface area (Å²) >= 11 is 0. The molecule has 1 atom stereocenters. The molecule has 3 rings (SSSR count). The molecule has 1 aromatic rings. The first-order chi connectivity index (χ1) is 10.6. The first-order valence-corrected chi connectivity index (χ1v) is 7.85. The number of carboxylic acid groups (broad SMARTS) is 1. The van der Waals surface area contributed by atoms with E-state index in [1.807, 2.05) is 4.90 Å². The van der Waals surface area contributed by atoms with Crippen molar-refractivity contribution in [3.63, 3.8) is 0 Å². The van der Waals surface area contributed by atoms with E-state index in [4.69, 9.17) is 9.84 Å². The third-order valence-corrected chi connectivity index (χ3v) is 4.82. The van der Waals surface area contributed by atoms with Gasteiger partial charge in [-0.05, 0) is 55.4 Å². The van der Waals surface area contributed by atoms with E-state index >= 15 is 0 Å². The Balaban J connectivity index is 1.62. The fourth-order valence-corrected chi connectivity index (χ4v) is 3.48. The maximum atomic E-state index is 12.5. The lowest BCUT2D eigenvalue weighted by atomic mass is 9.85. The number of ether oxygens (including phenoxy) is 1. The Morgan fingerprint density at radius 3 is 2.27 bits per heavy atom. The SMILES string of the molecule is O=C(O)c1ccc(C(=O)N2CCC(C3CCOCC3)C2)cc1. The van der Waals surface area contributed by atoms with Crippen LogP contribution in [0.15, 0.2) is 24.3 Å². The van der Waals surface area contributed by atoms with E-state index in [0.717, 1.165) is 45.6 Å². The van der Waals surface area contributed by atoms with Crippen LogP contribution in [0.2, 0.25) is 0 Å². The number of rotatable bonds is 3. The molecule has 0 bridgehead atoms. The molecule has 0 spiro atoms. The molecule has 22 heavy (non-hydrogen) atoms. The van der Waals surface area contributed by atoms with Crippen molar-refractivity contribution in [2.24, 2.45) is 11.8 Å². The lowest BCUT2D eigenvalue weighted by molar-refractivity contribution is 0.0471. The molecule has 0 aromatic heterocycles. The molecule has 0 radical (unpaired) electrons. The predicted octanol–water partition coefficient (Wildman–Crippen LogP) is 2.27. The summed E-state index contributed by atoms with van der Waals surface area (Å²) in [5.41, 5.74) is 0.774. The van der Waals surface area contributed by atoms with Crippen LogP contribution in [0.4, 0.5) is 0 Å². The summed E-state index contributed by atoms with van der Waals surface area (Å²) in [7, 11) is 0. The highest BCUT2D eigenvalue weighted by atomic mass is 16.5. The number of amides is 1. The zero-order chi connectivity index (χ0) is 15.5. The number of benzene rings is 1. The second-order valence-electron chi connectivity index (χ2n) is 6.13. The summed E-state index contributed by atoms with van der Waals surface area (Å²) in [5.74, 6) is 0.276. The molecule has 5 nitrogen and oxygen atoms in total. The van der Waals surface area contributed by atoms with Crippen LogP contribution in [0.5, 0.6) is 0 Å². The monoisotopic (exact) mass is 303 g/mol. The Morgan fingerprint density at radius 1 is 1.00 bits per heavy atom. The van der Waals surface area contributed by atoms with E-state index in [2.05, 4.69) is 0 Å². The van der Waals surface area contributed by atoms with Gasteiger partial charge in [0.05, 0.1) is 5.56 Å². The van der Waals surface area contributed by atoms with Gasteiger partial charge in [0.15, 0.2) is 0 Å². The first-order valence-electron chi connectivity index (χ1n) is 7.85. The van der Waals surface area contributed by atoms with Gasteiger partial charge in [0.2, 0.25) is 0 Å². The number of carbonyl (C=O) groups excluding carboxylic acids is 1. The first kappa shape index (κ1) is 15.0. The molecule has 5 heteroatoms. The number of aromatic carboxylic acids is 1. The lowest BCUT2D eigenvalue weighted by Gasteiger charge is -2.27. The van der Waals surface area contributed by atoms with Gasteiger partial charge >= 0.3 is 5.97 Å². The van der Waals surface area contributed by atoms with E-state index in [1.165, 1.54) is 12.1 Å². The van der Waals surface area contributed by atoms with Crippen molar-refractivity contribution in [2.45, 2.75) is 19.3 Å². The quantitative estimate of drug-likeness (QED) is 0.930. The molecule has 1 N–H and O–H groups in total. The molecule has 2 aliphatic heterocycles. The van der Waals surface area contributed by atoms with Gasteiger partial charge < -0.3 is 14.7 Å². The van der Waals surface area contributed by atoms with E-state index < -0.39 is 5.97 Å². The molecular weight excluding hydrogens is 282 g/mol. The van der Waals surface area contributed by atoms with Crippen LogP contribution in [0.1, 0.15) is 40.0 Å². The molecule has 1 aromatic carbocycles. The highest BCUT2D eigenvalue weighted by Crippen LogP contribution is 2.31. The molecule has 0 saturated carbocycles. The third kappa shape index (κ3) is 3.14. The highest BCUT2D eigenvalue weighted by Gasteiger charge is 2.32. The van der Waals surface area contributed by atoms with Gasteiger partial charge in [0.25, 0.3) is 5.91 Å². The number of nitrogens with zero attached hydrogens (tertiary/aromatic N) is 1. The molecule has 2 aliphatic rings. The van der Waals surface area contributed by atoms with Crippen LogP contribution in [0, 0.1) is 11.8 Å². The summed E-state index contributed by atoms with van der Waals surface area (Å²) in [6.07, 6.45) is 3.25. The van der Waals surface area contributed by atoms with Gasteiger partial charge in [-0.1, -0.05) is 0 Å². The van der Waals surface area contributed by atoms with Gasteiger partial charge in [-0.15, -0.1) is 0 Å². The highest BCUT2D eigenvalue weighted by molar-refractivity contribution is 5.96. The van der Waals surface area contributed by atoms with Crippen molar-refractivity contribution < 1.29 is 19.4 Å². The smallest absolute Gasteiger partial charge is 0.335 e. The predicted molar refractivity (Wildman–Crippen MR) is 81.0 cm³/mol. The molecule has 2 fully saturated rings. The second-order valence-corrected chi connectivity index (χ2v) is 6.13. The average Bonchev–Trinajstić information content (AvgIpc) is 3.05. The number of carbonyl (C=O) groups is 2. The number of likely N-dealkylation sites (tertiary alicyclic amines) is 1. The van der Waals surface area contributed by atoms with Crippen LogP contribution in [-0.4, -0.2) is 48.2 Å². The molecule has 1 amide bonds. The Kier molecular flexibility index (Phi) is 4.43. The second kappa shape index (κ2) is 6.48. The normalized spacial score (nSPS) is 22.7. The number of hydrogen-bond acceptors (Lipinski definition) is 3. The van der Waals surface area contributed by atoms with E-state index in [1.54, 1.807) is 12.1 Å². The molecule has 0 aliphatic carbocycles. The van der Waals surface area contributed by atoms with Crippen molar-refractivity contribution >= 4 is 11.9 Å². The van der Waals surface area contributed by atoms with E-state index in [9.17, 15) is 9.59 Å². The molecule has 2 heterocycles. The Morgan fingerprint density at radius 2 is 1.64 bits per heavy atom. The van der Waals surface area contributed by atoms with E-state index in [0.29, 0.717) is 17.4 Å². The summed E-state index contributed by atoms with van der Waals surface area (Å²) in [4.78, 5) is 25.3. The van der Waals surface area contributed by atoms with Crippen LogP contribution in [0.3, 0.4) is 0 Å². The van der Waals surface area contributed by atoms with Gasteiger partial charge in [0, 0.05) is 31.9 Å². The van der Waals surface area contributed by atoms with Crippen molar-refractivity contribution in [3.05, 3.63) is 35.4 Å². The minimum atomic E-state index is -0.972. The summed E-state index contributed by atoms with van der Waals surface area (Å²) < 4.78 is 5.40. The zero-order valence-corrected chi connectivity index (χ0v) is 12.5. The maximum Gasteiger partial charge on any atom is 0.335 e. The minimum absolute atomic E-state index is 0.00602. The topological polar surface area (TPSA) is 66.8 Å². The average molecular weight is 303 g/mol. The van der Waals surface area contributed by atoms with E-state index in [-0.39, 0.29) is 11.5 Å². The molecule has 1 unspecified atom stereocenters. The number of carboxylic acids is 1. The zero-order valence-electron chi connectivity index (χ0n) is 12.5. The Hall–Kier alpha value is -1.88. The van der Waals surface area contributed by atoms with Gasteiger partial charge in [-0.2, -0.15) is 0 Å². The molecule has 118 valence electrons. The third-order valence-electron chi connectivity index (χ3n) is 4.82. The van der Waals surface area contributed by atoms with Crippen LogP contribution in [0.25, 0.3) is 0 Å². The minimum Gasteiger partial charge on any atom is -0.478 e. The summed E-state index contributed by atoms with van der Waals surface area (Å²) in [6, 6.07) is 6.18. The Bertz CT molecular complexity index is 548. The van der Waals surface area contributed by atoms with Gasteiger partial charge in [0.1, 0.15) is 0 Å². The molecular formula is C17H21NO4. The van der Waals surface area contributed by atoms with Crippen molar-refractivity contribution in [1.29, 1.82) is 0 Å². The van der Waals surface area contributed by atoms with Crippen molar-refractivity contribution in [2.75, 3.05) is 26.3 Å². The maximum absolute atomic E-state index is 12.5. The van der Waals surface area contributed by atoms with Gasteiger partial charge in [-0.3, -0.25) is 4.79 Å². The van der Waals surface area contributed by atoms with Gasteiger partial charge in [-0.25, -0.2) is 4.79 Å². The summed E-state index contributed by atoms with van der Waals surface area (Å²) in [6.45, 7) is 3.28. The lowest BCUT2D eigenvalue weighted by Crippen LogP contribution is -2.31. The van der Waals surface area contributed by atoms with Crippen LogP contribution < -0.4 is 0 Å². The fourth-order valence-electron chi connectivity index (χ4n) is 3.48. The fraction of sp³-hybridized carbons (Fsp3) is 0.529. The number of hydrogen-bond donors (Lipinski definition) is 1. The largest absolute Gasteiger partial charge is 0.478 e.